The molecule has 1 aliphatic heterocycles. The first kappa shape index (κ1) is 22.9. The summed E-state index contributed by atoms with van der Waals surface area (Å²) in [4.78, 5) is 16.7. The Morgan fingerprint density at radius 3 is 2.52 bits per heavy atom. The minimum absolute atomic E-state index is 0.304. The third kappa shape index (κ3) is 7.14. The number of nitrogens with one attached hydrogen (secondary N) is 1. The molecule has 0 bridgehead atoms. The Hall–Kier alpha value is -2.80. The molecular weight excluding hydrogens is 403 g/mol. The number of aryl methyl sites for hydroxylation is 1. The van der Waals surface area contributed by atoms with E-state index in [2.05, 4.69) is 46.3 Å². The van der Waals surface area contributed by atoms with Crippen LogP contribution in [0.3, 0.4) is 0 Å². The maximum Gasteiger partial charge on any atom is 0.416 e. The quantitative estimate of drug-likeness (QED) is 0.523. The molecular formula is C24H28F3N3O. The summed E-state index contributed by atoms with van der Waals surface area (Å²) in [5.74, 6) is -0.304. The molecule has 0 atom stereocenters. The predicted molar refractivity (Wildman–Crippen MR) is 118 cm³/mol. The highest BCUT2D eigenvalue weighted by Gasteiger charge is 2.30. The molecule has 0 spiro atoms. The van der Waals surface area contributed by atoms with Gasteiger partial charge >= 0.3 is 6.18 Å². The van der Waals surface area contributed by atoms with Gasteiger partial charge in [-0.05, 0) is 61.4 Å². The molecule has 1 saturated heterocycles. The van der Waals surface area contributed by atoms with Gasteiger partial charge in [-0.25, -0.2) is 0 Å². The lowest BCUT2D eigenvalue weighted by molar-refractivity contribution is -0.137. The van der Waals surface area contributed by atoms with Gasteiger partial charge in [-0.15, -0.1) is 0 Å². The molecule has 3 rings (SSSR count). The van der Waals surface area contributed by atoms with Crippen molar-refractivity contribution in [2.45, 2.75) is 19.5 Å². The molecule has 0 saturated carbocycles. The fourth-order valence-electron chi connectivity index (χ4n) is 3.62. The van der Waals surface area contributed by atoms with E-state index in [0.29, 0.717) is 12.1 Å². The second-order valence-corrected chi connectivity index (χ2v) is 7.77. The average molecular weight is 432 g/mol. The lowest BCUT2D eigenvalue weighted by atomic mass is 10.1. The Balaban J connectivity index is 1.35. The van der Waals surface area contributed by atoms with E-state index < -0.39 is 11.7 Å². The van der Waals surface area contributed by atoms with E-state index >= 15 is 0 Å². The van der Waals surface area contributed by atoms with Gasteiger partial charge in [0.2, 0.25) is 5.91 Å². The van der Waals surface area contributed by atoms with E-state index in [1.807, 2.05) is 0 Å². The van der Waals surface area contributed by atoms with Crippen molar-refractivity contribution in [2.24, 2.45) is 0 Å². The number of carbonyl (C=O) groups excluding carboxylic acids is 1. The first-order valence-corrected chi connectivity index (χ1v) is 10.5. The van der Waals surface area contributed by atoms with Crippen LogP contribution in [0.5, 0.6) is 0 Å². The number of halogens is 3. The second kappa shape index (κ2) is 10.5. The maximum absolute atomic E-state index is 12.7. The summed E-state index contributed by atoms with van der Waals surface area (Å²) in [5.41, 5.74) is 2.14. The van der Waals surface area contributed by atoms with E-state index in [9.17, 15) is 18.0 Å². The van der Waals surface area contributed by atoms with Gasteiger partial charge in [0, 0.05) is 44.5 Å². The molecule has 0 unspecified atom stereocenters. The zero-order valence-electron chi connectivity index (χ0n) is 17.7. The van der Waals surface area contributed by atoms with E-state index in [1.54, 1.807) is 0 Å². The zero-order valence-corrected chi connectivity index (χ0v) is 17.7. The van der Waals surface area contributed by atoms with Gasteiger partial charge < -0.3 is 10.2 Å². The fourth-order valence-corrected chi connectivity index (χ4v) is 3.62. The molecule has 4 nitrogen and oxygen atoms in total. The van der Waals surface area contributed by atoms with Crippen molar-refractivity contribution < 1.29 is 18.0 Å². The normalized spacial score (nSPS) is 15.4. The maximum atomic E-state index is 12.7. The summed E-state index contributed by atoms with van der Waals surface area (Å²) in [6.07, 6.45) is -0.892. The lowest BCUT2D eigenvalue weighted by Gasteiger charge is -2.36. The fraction of sp³-hybridized carbons (Fsp3) is 0.375. The highest BCUT2D eigenvalue weighted by atomic mass is 19.4. The van der Waals surface area contributed by atoms with Crippen LogP contribution in [0.4, 0.5) is 18.9 Å². The van der Waals surface area contributed by atoms with Crippen LogP contribution < -0.4 is 10.2 Å². The molecule has 1 aliphatic rings. The summed E-state index contributed by atoms with van der Waals surface area (Å²) < 4.78 is 38.2. The van der Waals surface area contributed by atoms with Gasteiger partial charge in [0.05, 0.1) is 5.56 Å². The van der Waals surface area contributed by atoms with Crippen molar-refractivity contribution in [1.29, 1.82) is 0 Å². The molecule has 0 aliphatic carbocycles. The van der Waals surface area contributed by atoms with Crippen molar-refractivity contribution in [2.75, 3.05) is 44.2 Å². The Bertz CT molecular complexity index is 903. The Kier molecular flexibility index (Phi) is 7.74. The van der Waals surface area contributed by atoms with Crippen molar-refractivity contribution in [1.82, 2.24) is 10.2 Å². The Morgan fingerprint density at radius 1 is 1.06 bits per heavy atom. The van der Waals surface area contributed by atoms with E-state index in [0.717, 1.165) is 51.3 Å². The van der Waals surface area contributed by atoms with Crippen LogP contribution in [0.15, 0.2) is 54.6 Å². The van der Waals surface area contributed by atoms with Gasteiger partial charge in [-0.3, -0.25) is 9.69 Å². The standard InChI is InChI=1S/C24H28F3N3O/c1-19-5-2-8-22(17-19)30-15-13-29(14-16-30)12-4-11-28-23(31)10-9-20-6-3-7-21(18-20)24(25,26)27/h2-3,5-10,17-18H,4,11-16H2,1H3,(H,28,31)/b10-9+. The minimum atomic E-state index is -4.39. The summed E-state index contributed by atoms with van der Waals surface area (Å²) in [7, 11) is 0. The van der Waals surface area contributed by atoms with Crippen LogP contribution in [0.25, 0.3) is 6.08 Å². The van der Waals surface area contributed by atoms with Crippen molar-refractivity contribution in [3.05, 3.63) is 71.3 Å². The molecule has 2 aromatic rings. The van der Waals surface area contributed by atoms with Crippen LogP contribution in [0.2, 0.25) is 0 Å². The highest BCUT2D eigenvalue weighted by molar-refractivity contribution is 5.91. The van der Waals surface area contributed by atoms with Crippen molar-refractivity contribution in [3.63, 3.8) is 0 Å². The Morgan fingerprint density at radius 2 is 1.81 bits per heavy atom. The summed E-state index contributed by atoms with van der Waals surface area (Å²) >= 11 is 0. The van der Waals surface area contributed by atoms with Crippen molar-refractivity contribution in [3.8, 4) is 0 Å². The molecule has 0 aromatic heterocycles. The van der Waals surface area contributed by atoms with Crippen LogP contribution in [0, 0.1) is 6.92 Å². The first-order valence-electron chi connectivity index (χ1n) is 10.5. The lowest BCUT2D eigenvalue weighted by Crippen LogP contribution is -2.47. The molecule has 2 aromatic carbocycles. The third-order valence-corrected chi connectivity index (χ3v) is 5.33. The SMILES string of the molecule is Cc1cccc(N2CCN(CCCNC(=O)/C=C/c3cccc(C(F)(F)F)c3)CC2)c1. The van der Waals surface area contributed by atoms with E-state index in [4.69, 9.17) is 0 Å². The summed E-state index contributed by atoms with van der Waals surface area (Å²) in [6.45, 7) is 7.46. The molecule has 31 heavy (non-hydrogen) atoms. The number of alkyl halides is 3. The minimum Gasteiger partial charge on any atom is -0.369 e. The number of hydrogen-bond donors (Lipinski definition) is 1. The molecule has 1 N–H and O–H groups in total. The van der Waals surface area contributed by atoms with Crippen molar-refractivity contribution >= 4 is 17.7 Å². The predicted octanol–water partition coefficient (Wildman–Crippen LogP) is 4.36. The number of piperazine rings is 1. The monoisotopic (exact) mass is 431 g/mol. The molecule has 1 amide bonds. The van der Waals surface area contributed by atoms with Crippen LogP contribution >= 0.6 is 0 Å². The number of hydrogen-bond acceptors (Lipinski definition) is 3. The highest BCUT2D eigenvalue weighted by Crippen LogP contribution is 2.29. The van der Waals surface area contributed by atoms with Gasteiger partial charge in [-0.2, -0.15) is 13.2 Å². The third-order valence-electron chi connectivity index (χ3n) is 5.33. The molecule has 166 valence electrons. The summed E-state index contributed by atoms with van der Waals surface area (Å²) in [6, 6.07) is 13.4. The number of benzene rings is 2. The van der Waals surface area contributed by atoms with Crippen LogP contribution in [-0.2, 0) is 11.0 Å². The molecule has 1 fully saturated rings. The zero-order chi connectivity index (χ0) is 22.3. The number of carbonyl (C=O) groups is 1. The molecule has 1 heterocycles. The van der Waals surface area contributed by atoms with Gasteiger partial charge in [0.1, 0.15) is 0 Å². The van der Waals surface area contributed by atoms with Gasteiger partial charge in [0.25, 0.3) is 0 Å². The number of rotatable bonds is 7. The Labute approximate surface area is 181 Å². The smallest absolute Gasteiger partial charge is 0.369 e. The number of nitrogens with zero attached hydrogens (tertiary/aromatic N) is 2. The largest absolute Gasteiger partial charge is 0.416 e. The number of anilines is 1. The summed E-state index contributed by atoms with van der Waals surface area (Å²) in [5, 5.41) is 2.79. The van der Waals surface area contributed by atoms with E-state index in [1.165, 1.54) is 35.5 Å². The molecule has 0 radical (unpaired) electrons. The number of amides is 1. The topological polar surface area (TPSA) is 35.6 Å². The van der Waals surface area contributed by atoms with Gasteiger partial charge in [0.15, 0.2) is 0 Å². The second-order valence-electron chi connectivity index (χ2n) is 7.77. The average Bonchev–Trinajstić information content (AvgIpc) is 2.75. The van der Waals surface area contributed by atoms with Gasteiger partial charge in [-0.1, -0.05) is 24.3 Å². The molecule has 7 heteroatoms. The van der Waals surface area contributed by atoms with Crippen LogP contribution in [-0.4, -0.2) is 50.1 Å². The van der Waals surface area contributed by atoms with Crippen LogP contribution in [0.1, 0.15) is 23.1 Å². The first-order chi connectivity index (χ1) is 14.8. The van der Waals surface area contributed by atoms with E-state index in [-0.39, 0.29) is 5.91 Å².